The van der Waals surface area contributed by atoms with E-state index >= 15 is 0 Å². The lowest BCUT2D eigenvalue weighted by atomic mass is 10.2. The van der Waals surface area contributed by atoms with E-state index in [-0.39, 0.29) is 18.0 Å². The molecule has 88 valence electrons. The highest BCUT2D eigenvalue weighted by Gasteiger charge is 2.37. The minimum atomic E-state index is -0.942. The quantitative estimate of drug-likeness (QED) is 0.620. The predicted molar refractivity (Wildman–Crippen MR) is 58.0 cm³/mol. The molecule has 1 unspecified atom stereocenters. The summed E-state index contributed by atoms with van der Waals surface area (Å²) in [4.78, 5) is 22.4. The molecule has 16 heavy (non-hydrogen) atoms. The second-order valence-electron chi connectivity index (χ2n) is 4.41. The lowest BCUT2D eigenvalue weighted by molar-refractivity contribution is -0.139. The Morgan fingerprint density at radius 3 is 2.38 bits per heavy atom. The average molecular weight is 224 g/mol. The van der Waals surface area contributed by atoms with Gasteiger partial charge in [0.15, 0.2) is 0 Å². The Morgan fingerprint density at radius 2 is 1.88 bits per heavy atom. The molecule has 0 radical (unpaired) electrons. The summed E-state index contributed by atoms with van der Waals surface area (Å²) in [6.07, 6.45) is 7.47. The minimum Gasteiger partial charge on any atom is -0.480 e. The van der Waals surface area contributed by atoms with Gasteiger partial charge < -0.3 is 15.7 Å². The van der Waals surface area contributed by atoms with Gasteiger partial charge in [0.05, 0.1) is 0 Å². The fraction of sp³-hybridized carbons (Fsp3) is 0.636. The summed E-state index contributed by atoms with van der Waals surface area (Å²) in [6.45, 7) is 0. The first kappa shape index (κ1) is 11.0. The van der Waals surface area contributed by atoms with Gasteiger partial charge in [-0.3, -0.25) is 0 Å². The van der Waals surface area contributed by atoms with Crippen LogP contribution in [-0.2, 0) is 4.79 Å². The molecule has 0 saturated heterocycles. The van der Waals surface area contributed by atoms with E-state index < -0.39 is 12.0 Å². The molecule has 2 aliphatic carbocycles. The zero-order valence-corrected chi connectivity index (χ0v) is 8.98. The number of aliphatic carboxylic acids is 1. The second kappa shape index (κ2) is 4.55. The Kier molecular flexibility index (Phi) is 3.12. The van der Waals surface area contributed by atoms with Crippen molar-refractivity contribution in [2.45, 2.75) is 37.8 Å². The maximum atomic E-state index is 11.5. The van der Waals surface area contributed by atoms with Crippen molar-refractivity contribution in [3.8, 4) is 0 Å². The highest BCUT2D eigenvalue weighted by molar-refractivity contribution is 5.83. The van der Waals surface area contributed by atoms with E-state index in [4.69, 9.17) is 5.11 Å². The van der Waals surface area contributed by atoms with Gasteiger partial charge in [-0.05, 0) is 31.6 Å². The van der Waals surface area contributed by atoms with Crippen molar-refractivity contribution < 1.29 is 14.7 Å². The van der Waals surface area contributed by atoms with Crippen molar-refractivity contribution in [1.82, 2.24) is 10.6 Å². The van der Waals surface area contributed by atoms with Gasteiger partial charge in [-0.1, -0.05) is 12.2 Å². The molecular formula is C11H16N2O3. The third-order valence-electron chi connectivity index (χ3n) is 2.99. The molecule has 3 N–H and O–H groups in total. The van der Waals surface area contributed by atoms with Crippen LogP contribution in [0.3, 0.4) is 0 Å². The number of hydrogen-bond acceptors (Lipinski definition) is 2. The van der Waals surface area contributed by atoms with Gasteiger partial charge in [-0.2, -0.15) is 0 Å². The molecule has 1 fully saturated rings. The van der Waals surface area contributed by atoms with Crippen molar-refractivity contribution in [3.05, 3.63) is 12.2 Å². The summed E-state index contributed by atoms with van der Waals surface area (Å²) in [5, 5.41) is 14.2. The summed E-state index contributed by atoms with van der Waals surface area (Å²) in [5.41, 5.74) is 0. The Balaban J connectivity index is 1.78. The van der Waals surface area contributed by atoms with Gasteiger partial charge >= 0.3 is 12.0 Å². The van der Waals surface area contributed by atoms with E-state index in [0.717, 1.165) is 25.7 Å². The molecule has 2 rings (SSSR count). The van der Waals surface area contributed by atoms with Crippen molar-refractivity contribution in [1.29, 1.82) is 0 Å². The molecule has 0 heterocycles. The average Bonchev–Trinajstić information content (AvgIpc) is 2.94. The van der Waals surface area contributed by atoms with E-state index in [1.807, 2.05) is 12.2 Å². The van der Waals surface area contributed by atoms with Crippen molar-refractivity contribution in [3.63, 3.8) is 0 Å². The maximum absolute atomic E-state index is 11.5. The second-order valence-corrected chi connectivity index (χ2v) is 4.41. The minimum absolute atomic E-state index is 0.116. The van der Waals surface area contributed by atoms with Crippen LogP contribution in [0.1, 0.15) is 25.7 Å². The maximum Gasteiger partial charge on any atom is 0.326 e. The molecule has 0 bridgehead atoms. The van der Waals surface area contributed by atoms with Gasteiger partial charge in [-0.25, -0.2) is 9.59 Å². The third-order valence-corrected chi connectivity index (χ3v) is 2.99. The van der Waals surface area contributed by atoms with Crippen LogP contribution in [0.25, 0.3) is 0 Å². The molecule has 0 aliphatic heterocycles. The first-order valence-corrected chi connectivity index (χ1v) is 5.61. The summed E-state index contributed by atoms with van der Waals surface area (Å²) >= 11 is 0. The Labute approximate surface area is 93.9 Å². The molecule has 2 amide bonds. The number of nitrogens with one attached hydrogen (secondary N) is 2. The van der Waals surface area contributed by atoms with E-state index in [1.54, 1.807) is 0 Å². The van der Waals surface area contributed by atoms with Crippen LogP contribution in [0.15, 0.2) is 12.2 Å². The first-order chi connectivity index (χ1) is 7.66. The third kappa shape index (κ3) is 2.74. The number of carboxylic acid groups (broad SMARTS) is 1. The lowest BCUT2D eigenvalue weighted by Crippen LogP contribution is -2.49. The molecular weight excluding hydrogens is 208 g/mol. The van der Waals surface area contributed by atoms with Crippen LogP contribution in [-0.4, -0.2) is 29.2 Å². The van der Waals surface area contributed by atoms with E-state index in [9.17, 15) is 9.59 Å². The van der Waals surface area contributed by atoms with Crippen LogP contribution in [0.5, 0.6) is 0 Å². The molecule has 1 atom stereocenters. The van der Waals surface area contributed by atoms with Gasteiger partial charge in [-0.15, -0.1) is 0 Å². The van der Waals surface area contributed by atoms with Crippen LogP contribution in [0, 0.1) is 5.92 Å². The van der Waals surface area contributed by atoms with Crippen molar-refractivity contribution >= 4 is 12.0 Å². The molecule has 0 aromatic rings. The van der Waals surface area contributed by atoms with E-state index in [2.05, 4.69) is 10.6 Å². The van der Waals surface area contributed by atoms with Crippen molar-refractivity contribution in [2.75, 3.05) is 0 Å². The molecule has 1 saturated carbocycles. The zero-order chi connectivity index (χ0) is 11.5. The van der Waals surface area contributed by atoms with Crippen LogP contribution in [0.2, 0.25) is 0 Å². The number of carbonyl (C=O) groups excluding carboxylic acids is 1. The Hall–Kier alpha value is -1.52. The fourth-order valence-corrected chi connectivity index (χ4v) is 1.91. The molecule has 0 aromatic carbocycles. The van der Waals surface area contributed by atoms with Crippen LogP contribution >= 0.6 is 0 Å². The van der Waals surface area contributed by atoms with Gasteiger partial charge in [0.25, 0.3) is 0 Å². The zero-order valence-electron chi connectivity index (χ0n) is 8.98. The molecule has 5 heteroatoms. The monoisotopic (exact) mass is 224 g/mol. The smallest absolute Gasteiger partial charge is 0.326 e. The van der Waals surface area contributed by atoms with Crippen LogP contribution in [0.4, 0.5) is 4.79 Å². The summed E-state index contributed by atoms with van der Waals surface area (Å²) in [7, 11) is 0. The Morgan fingerprint density at radius 1 is 1.25 bits per heavy atom. The highest BCUT2D eigenvalue weighted by Crippen LogP contribution is 2.32. The SMILES string of the molecule is O=C(NC1CC=CC1)NC(C(=O)O)C1CC1. The number of amides is 2. The van der Waals surface area contributed by atoms with E-state index in [1.165, 1.54) is 0 Å². The first-order valence-electron chi connectivity index (χ1n) is 5.61. The predicted octanol–water partition coefficient (Wildman–Crippen LogP) is 0.867. The summed E-state index contributed by atoms with van der Waals surface area (Å²) in [6, 6.07) is -0.976. The molecule has 0 spiro atoms. The highest BCUT2D eigenvalue weighted by atomic mass is 16.4. The normalized spacial score (nSPS) is 21.8. The molecule has 0 aromatic heterocycles. The fourth-order valence-electron chi connectivity index (χ4n) is 1.91. The lowest BCUT2D eigenvalue weighted by Gasteiger charge is -2.17. The topological polar surface area (TPSA) is 78.4 Å². The molecule has 5 nitrogen and oxygen atoms in total. The standard InChI is InChI=1S/C11H16N2O3/c14-10(15)9(7-5-6-7)13-11(16)12-8-3-1-2-4-8/h1-2,7-9H,3-6H2,(H,14,15)(H2,12,13,16). The number of urea groups is 1. The summed E-state index contributed by atoms with van der Waals surface area (Å²) < 4.78 is 0. The Bertz CT molecular complexity index is 315. The van der Waals surface area contributed by atoms with Gasteiger partial charge in [0, 0.05) is 6.04 Å². The number of hydrogen-bond donors (Lipinski definition) is 3. The van der Waals surface area contributed by atoms with Gasteiger partial charge in [0.1, 0.15) is 6.04 Å². The van der Waals surface area contributed by atoms with Crippen molar-refractivity contribution in [2.24, 2.45) is 5.92 Å². The summed E-state index contributed by atoms with van der Waals surface area (Å²) in [5.74, 6) is -0.827. The number of carboxylic acids is 1. The van der Waals surface area contributed by atoms with Gasteiger partial charge in [0.2, 0.25) is 0 Å². The number of rotatable bonds is 4. The number of carbonyl (C=O) groups is 2. The van der Waals surface area contributed by atoms with E-state index in [0.29, 0.717) is 0 Å². The largest absolute Gasteiger partial charge is 0.480 e. The molecule has 2 aliphatic rings. The van der Waals surface area contributed by atoms with Crippen LogP contribution < -0.4 is 10.6 Å².